The summed E-state index contributed by atoms with van der Waals surface area (Å²) in [7, 11) is 0. The Balaban J connectivity index is 2.98. The van der Waals surface area contributed by atoms with Gasteiger partial charge in [-0.2, -0.15) is 0 Å². The second-order valence-corrected chi connectivity index (χ2v) is 7.02. The minimum absolute atomic E-state index is 0.0902. The van der Waals surface area contributed by atoms with E-state index in [1.54, 1.807) is 6.07 Å². The third kappa shape index (κ3) is 5.34. The fraction of sp³-hybridized carbons (Fsp3) is 0.625. The molecule has 0 radical (unpaired) electrons. The molecule has 0 spiro atoms. The van der Waals surface area contributed by atoms with E-state index in [1.807, 2.05) is 13.0 Å². The summed E-state index contributed by atoms with van der Waals surface area (Å²) in [5, 5.41) is 3.02. The number of carbonyl (C=O) groups excluding carboxylic acids is 1. The van der Waals surface area contributed by atoms with Crippen LogP contribution in [0.25, 0.3) is 0 Å². The Kier molecular flexibility index (Phi) is 5.72. The van der Waals surface area contributed by atoms with Gasteiger partial charge in [0.05, 0.1) is 0 Å². The van der Waals surface area contributed by atoms with Crippen molar-refractivity contribution in [1.29, 1.82) is 0 Å². The van der Waals surface area contributed by atoms with Crippen molar-refractivity contribution in [2.24, 2.45) is 11.8 Å². The van der Waals surface area contributed by atoms with Crippen LogP contribution in [-0.2, 0) is 5.41 Å². The van der Waals surface area contributed by atoms with E-state index in [0.29, 0.717) is 17.3 Å². The van der Waals surface area contributed by atoms with E-state index in [2.05, 4.69) is 50.3 Å². The highest BCUT2D eigenvalue weighted by Gasteiger charge is 2.20. The Morgan fingerprint density at radius 1 is 1.29 bits per heavy atom. The molecule has 118 valence electrons. The SMILES string of the molecule is CC(C)CC(C)NC(=O)c1cc(NN)nc(C(C)(C)C)c1. The third-order valence-electron chi connectivity index (χ3n) is 3.21. The second-order valence-electron chi connectivity index (χ2n) is 7.02. The van der Waals surface area contributed by atoms with Gasteiger partial charge in [-0.05, 0) is 31.4 Å². The number of nitrogens with one attached hydrogen (secondary N) is 2. The van der Waals surface area contributed by atoms with Crippen LogP contribution in [0, 0.1) is 5.92 Å². The van der Waals surface area contributed by atoms with Gasteiger partial charge >= 0.3 is 0 Å². The monoisotopic (exact) mass is 292 g/mol. The summed E-state index contributed by atoms with van der Waals surface area (Å²) in [6.07, 6.45) is 0.949. The average Bonchev–Trinajstić information content (AvgIpc) is 2.35. The summed E-state index contributed by atoms with van der Waals surface area (Å²) in [5.74, 6) is 6.41. The molecule has 0 aliphatic heterocycles. The van der Waals surface area contributed by atoms with E-state index < -0.39 is 0 Å². The number of hydrogen-bond donors (Lipinski definition) is 3. The molecule has 21 heavy (non-hydrogen) atoms. The quantitative estimate of drug-likeness (QED) is 0.576. The van der Waals surface area contributed by atoms with Crippen LogP contribution in [0.2, 0.25) is 0 Å². The lowest BCUT2D eigenvalue weighted by Crippen LogP contribution is -2.34. The number of amides is 1. The number of anilines is 1. The number of nitrogens with two attached hydrogens (primary N) is 1. The Morgan fingerprint density at radius 3 is 2.38 bits per heavy atom. The molecule has 1 atom stereocenters. The number of pyridine rings is 1. The van der Waals surface area contributed by atoms with Gasteiger partial charge in [0.2, 0.25) is 0 Å². The summed E-state index contributed by atoms with van der Waals surface area (Å²) in [4.78, 5) is 16.8. The number of hydrazine groups is 1. The highest BCUT2D eigenvalue weighted by atomic mass is 16.1. The molecule has 1 rings (SSSR count). The molecule has 1 heterocycles. The first-order valence-electron chi connectivity index (χ1n) is 7.43. The maximum atomic E-state index is 12.4. The maximum absolute atomic E-state index is 12.4. The second kappa shape index (κ2) is 6.89. The van der Waals surface area contributed by atoms with Crippen molar-refractivity contribution < 1.29 is 4.79 Å². The first-order chi connectivity index (χ1) is 9.63. The fourth-order valence-electron chi connectivity index (χ4n) is 2.19. The zero-order valence-corrected chi connectivity index (χ0v) is 13.9. The number of nitrogens with zero attached hydrogens (tertiary/aromatic N) is 1. The van der Waals surface area contributed by atoms with Gasteiger partial charge in [0.15, 0.2) is 0 Å². The Morgan fingerprint density at radius 2 is 1.90 bits per heavy atom. The molecule has 1 unspecified atom stereocenters. The van der Waals surface area contributed by atoms with Gasteiger partial charge in [0.1, 0.15) is 5.82 Å². The highest BCUT2D eigenvalue weighted by Crippen LogP contribution is 2.23. The van der Waals surface area contributed by atoms with Gasteiger partial charge in [0.25, 0.3) is 5.91 Å². The van der Waals surface area contributed by atoms with E-state index in [-0.39, 0.29) is 17.4 Å². The Hall–Kier alpha value is -1.62. The number of nitrogen functional groups attached to an aromatic ring is 1. The Bertz CT molecular complexity index is 492. The molecular formula is C16H28N4O. The summed E-state index contributed by atoms with van der Waals surface area (Å²) < 4.78 is 0. The van der Waals surface area contributed by atoms with Crippen LogP contribution in [0.5, 0.6) is 0 Å². The molecule has 0 saturated heterocycles. The van der Waals surface area contributed by atoms with Crippen molar-refractivity contribution in [2.45, 2.75) is 59.4 Å². The maximum Gasteiger partial charge on any atom is 0.251 e. The molecule has 0 aliphatic rings. The van der Waals surface area contributed by atoms with E-state index in [1.165, 1.54) is 0 Å². The molecule has 0 aromatic carbocycles. The summed E-state index contributed by atoms with van der Waals surface area (Å²) in [5.41, 5.74) is 3.80. The molecule has 1 aromatic heterocycles. The normalized spacial score (nSPS) is 13.1. The fourth-order valence-corrected chi connectivity index (χ4v) is 2.19. The molecule has 0 aliphatic carbocycles. The Labute approximate surface area is 127 Å². The van der Waals surface area contributed by atoms with Crippen LogP contribution in [0.15, 0.2) is 12.1 Å². The van der Waals surface area contributed by atoms with Crippen molar-refractivity contribution in [3.05, 3.63) is 23.4 Å². The molecule has 1 amide bonds. The van der Waals surface area contributed by atoms with E-state index >= 15 is 0 Å². The van der Waals surface area contributed by atoms with Gasteiger partial charge in [-0.1, -0.05) is 34.6 Å². The molecule has 0 bridgehead atoms. The van der Waals surface area contributed by atoms with E-state index in [4.69, 9.17) is 5.84 Å². The third-order valence-corrected chi connectivity index (χ3v) is 3.21. The zero-order valence-electron chi connectivity index (χ0n) is 13.9. The van der Waals surface area contributed by atoms with Crippen LogP contribution in [0.1, 0.15) is 64.0 Å². The number of hydrogen-bond acceptors (Lipinski definition) is 4. The van der Waals surface area contributed by atoms with Crippen LogP contribution >= 0.6 is 0 Å². The van der Waals surface area contributed by atoms with Crippen molar-refractivity contribution in [1.82, 2.24) is 10.3 Å². The molecule has 5 nitrogen and oxygen atoms in total. The lowest BCUT2D eigenvalue weighted by atomic mass is 9.90. The molecule has 1 aromatic rings. The first-order valence-corrected chi connectivity index (χ1v) is 7.43. The van der Waals surface area contributed by atoms with Crippen molar-refractivity contribution >= 4 is 11.7 Å². The smallest absolute Gasteiger partial charge is 0.251 e. The molecule has 0 fully saturated rings. The molecular weight excluding hydrogens is 264 g/mol. The standard InChI is InChI=1S/C16H28N4O/c1-10(2)7-11(3)18-15(21)12-8-13(16(4,5)6)19-14(9-12)20-17/h8-11H,7,17H2,1-6H3,(H,18,21)(H,19,20). The van der Waals surface area contributed by atoms with Gasteiger partial charge in [-0.15, -0.1) is 0 Å². The molecule has 5 heteroatoms. The molecule has 4 N–H and O–H groups in total. The van der Waals surface area contributed by atoms with Crippen molar-refractivity contribution in [3.63, 3.8) is 0 Å². The number of aromatic nitrogens is 1. The average molecular weight is 292 g/mol. The van der Waals surface area contributed by atoms with Crippen molar-refractivity contribution in [2.75, 3.05) is 5.43 Å². The lowest BCUT2D eigenvalue weighted by molar-refractivity contribution is 0.0936. The van der Waals surface area contributed by atoms with Crippen molar-refractivity contribution in [3.8, 4) is 0 Å². The predicted molar refractivity (Wildman–Crippen MR) is 87.1 cm³/mol. The lowest BCUT2D eigenvalue weighted by Gasteiger charge is -2.20. The highest BCUT2D eigenvalue weighted by molar-refractivity contribution is 5.95. The van der Waals surface area contributed by atoms with Crippen LogP contribution < -0.4 is 16.6 Å². The number of rotatable bonds is 5. The summed E-state index contributed by atoms with van der Waals surface area (Å²) in [6.45, 7) is 12.5. The van der Waals surface area contributed by atoms with Gasteiger partial charge in [0, 0.05) is 22.7 Å². The minimum atomic E-state index is -0.147. The van der Waals surface area contributed by atoms with E-state index in [9.17, 15) is 4.79 Å². The van der Waals surface area contributed by atoms with Gasteiger partial charge in [-0.25, -0.2) is 10.8 Å². The predicted octanol–water partition coefficient (Wildman–Crippen LogP) is 2.83. The van der Waals surface area contributed by atoms with Crippen LogP contribution in [0.3, 0.4) is 0 Å². The largest absolute Gasteiger partial charge is 0.350 e. The number of carbonyl (C=O) groups is 1. The summed E-state index contributed by atoms with van der Waals surface area (Å²) in [6, 6.07) is 3.64. The van der Waals surface area contributed by atoms with E-state index in [0.717, 1.165) is 12.1 Å². The zero-order chi connectivity index (χ0) is 16.2. The van der Waals surface area contributed by atoms with Gasteiger partial charge < -0.3 is 10.7 Å². The molecule has 0 saturated carbocycles. The minimum Gasteiger partial charge on any atom is -0.350 e. The summed E-state index contributed by atoms with van der Waals surface area (Å²) >= 11 is 0. The van der Waals surface area contributed by atoms with Crippen LogP contribution in [-0.4, -0.2) is 16.9 Å². The first kappa shape index (κ1) is 17.4. The van der Waals surface area contributed by atoms with Crippen LogP contribution in [0.4, 0.5) is 5.82 Å². The van der Waals surface area contributed by atoms with Gasteiger partial charge in [-0.3, -0.25) is 4.79 Å². The topological polar surface area (TPSA) is 80.0 Å².